The molecule has 1 aromatic heterocycles. The van der Waals surface area contributed by atoms with Crippen molar-refractivity contribution in [3.63, 3.8) is 0 Å². The monoisotopic (exact) mass is 344 g/mol. The minimum atomic E-state index is 0.948. The van der Waals surface area contributed by atoms with E-state index in [4.69, 9.17) is 0 Å². The fraction of sp³-hybridized carbons (Fsp3) is 0.318. The largest absolute Gasteiger partial charge is 0.311 e. The van der Waals surface area contributed by atoms with E-state index in [2.05, 4.69) is 63.1 Å². The summed E-state index contributed by atoms with van der Waals surface area (Å²) in [6, 6.07) is 16.8. The van der Waals surface area contributed by atoms with Crippen LogP contribution in [0.4, 0.5) is 5.69 Å². The van der Waals surface area contributed by atoms with Crippen molar-refractivity contribution in [2.24, 2.45) is 4.99 Å². The fourth-order valence-electron chi connectivity index (χ4n) is 3.38. The number of fused-ring (bicyclic) bond motifs is 1. The van der Waals surface area contributed by atoms with E-state index in [1.807, 2.05) is 18.3 Å². The van der Waals surface area contributed by atoms with Crippen molar-refractivity contribution in [2.75, 3.05) is 0 Å². The third kappa shape index (κ3) is 3.59. The van der Waals surface area contributed by atoms with E-state index in [9.17, 15) is 0 Å². The first-order valence-corrected chi connectivity index (χ1v) is 9.49. The Morgan fingerprint density at radius 2 is 1.77 bits per heavy atom. The fourth-order valence-corrected chi connectivity index (χ4v) is 3.38. The Hall–Kier alpha value is -2.75. The van der Waals surface area contributed by atoms with Crippen LogP contribution in [0.5, 0.6) is 0 Å². The van der Waals surface area contributed by atoms with Crippen LogP contribution in [-0.4, -0.2) is 21.0 Å². The Bertz CT molecular complexity index is 889. The average molecular weight is 344 g/mol. The summed E-state index contributed by atoms with van der Waals surface area (Å²) in [5.41, 5.74) is 4.52. The molecule has 0 spiro atoms. The van der Waals surface area contributed by atoms with Gasteiger partial charge in [0.25, 0.3) is 0 Å². The average Bonchev–Trinajstić information content (AvgIpc) is 2.95. The van der Waals surface area contributed by atoms with Crippen LogP contribution in [0.2, 0.25) is 0 Å². The van der Waals surface area contributed by atoms with E-state index in [0.29, 0.717) is 0 Å². The van der Waals surface area contributed by atoms with Gasteiger partial charge in [-0.3, -0.25) is 4.99 Å². The molecule has 0 N–H and O–H groups in total. The molecule has 4 rings (SSSR count). The molecule has 26 heavy (non-hydrogen) atoms. The first kappa shape index (κ1) is 16.7. The Kier molecular flexibility index (Phi) is 4.91. The molecule has 1 aliphatic rings. The lowest BCUT2D eigenvalue weighted by atomic mass is 10.1. The molecular weight excluding hydrogens is 320 g/mol. The second kappa shape index (κ2) is 7.65. The molecule has 0 atom stereocenters. The molecule has 0 fully saturated rings. The topological polar surface area (TPSA) is 43.1 Å². The lowest BCUT2D eigenvalue weighted by Gasteiger charge is -2.07. The van der Waals surface area contributed by atoms with Crippen molar-refractivity contribution >= 4 is 11.9 Å². The number of rotatable bonds is 4. The van der Waals surface area contributed by atoms with Crippen LogP contribution in [0, 0.1) is 0 Å². The summed E-state index contributed by atoms with van der Waals surface area (Å²) in [5.74, 6) is 2.10. The van der Waals surface area contributed by atoms with Crippen molar-refractivity contribution in [3.05, 3.63) is 65.5 Å². The molecule has 2 aromatic carbocycles. The molecule has 0 aliphatic carbocycles. The van der Waals surface area contributed by atoms with Gasteiger partial charge < -0.3 is 4.57 Å². The smallest absolute Gasteiger partial charge is 0.163 e. The van der Waals surface area contributed by atoms with Gasteiger partial charge in [0.05, 0.1) is 5.69 Å². The Morgan fingerprint density at radius 3 is 2.54 bits per heavy atom. The number of nitrogens with zero attached hydrogens (tertiary/aromatic N) is 4. The zero-order valence-electron chi connectivity index (χ0n) is 15.2. The third-order valence-electron chi connectivity index (χ3n) is 4.99. The predicted molar refractivity (Wildman–Crippen MR) is 106 cm³/mol. The molecule has 132 valence electrons. The van der Waals surface area contributed by atoms with Gasteiger partial charge >= 0.3 is 0 Å². The highest BCUT2D eigenvalue weighted by atomic mass is 15.3. The Labute approximate surface area is 154 Å². The SMILES string of the molecule is CCc1ccc(C=Nc2ccc(-c3nnc4n3CCCCC4)cc2)cc1. The first-order valence-electron chi connectivity index (χ1n) is 9.49. The van der Waals surface area contributed by atoms with E-state index in [1.165, 1.54) is 24.8 Å². The van der Waals surface area contributed by atoms with Gasteiger partial charge in [0.15, 0.2) is 5.82 Å². The van der Waals surface area contributed by atoms with Gasteiger partial charge in [-0.05, 0) is 54.7 Å². The predicted octanol–water partition coefficient (Wildman–Crippen LogP) is 4.98. The van der Waals surface area contributed by atoms with E-state index in [0.717, 1.165) is 47.8 Å². The number of hydrogen-bond acceptors (Lipinski definition) is 3. The van der Waals surface area contributed by atoms with Crippen molar-refractivity contribution in [1.29, 1.82) is 0 Å². The van der Waals surface area contributed by atoms with Crippen LogP contribution in [0.1, 0.15) is 43.1 Å². The zero-order chi connectivity index (χ0) is 17.8. The number of aromatic nitrogens is 3. The highest BCUT2D eigenvalue weighted by Gasteiger charge is 2.15. The quantitative estimate of drug-likeness (QED) is 0.626. The number of hydrogen-bond donors (Lipinski definition) is 0. The molecule has 4 heteroatoms. The van der Waals surface area contributed by atoms with Gasteiger partial charge in [-0.15, -0.1) is 10.2 Å². The van der Waals surface area contributed by atoms with Crippen LogP contribution >= 0.6 is 0 Å². The minimum Gasteiger partial charge on any atom is -0.311 e. The van der Waals surface area contributed by atoms with E-state index in [-0.39, 0.29) is 0 Å². The summed E-state index contributed by atoms with van der Waals surface area (Å²) < 4.78 is 2.28. The molecule has 2 heterocycles. The van der Waals surface area contributed by atoms with Crippen LogP contribution < -0.4 is 0 Å². The Morgan fingerprint density at radius 1 is 0.962 bits per heavy atom. The molecule has 1 aliphatic heterocycles. The zero-order valence-corrected chi connectivity index (χ0v) is 15.2. The molecular formula is C22H24N4. The summed E-state index contributed by atoms with van der Waals surface area (Å²) >= 11 is 0. The molecule has 0 amide bonds. The maximum Gasteiger partial charge on any atom is 0.163 e. The summed E-state index contributed by atoms with van der Waals surface area (Å²) in [6.45, 7) is 3.18. The lowest BCUT2D eigenvalue weighted by molar-refractivity contribution is 0.636. The van der Waals surface area contributed by atoms with Crippen LogP contribution in [0.3, 0.4) is 0 Å². The van der Waals surface area contributed by atoms with E-state index < -0.39 is 0 Å². The minimum absolute atomic E-state index is 0.948. The van der Waals surface area contributed by atoms with Gasteiger partial charge in [-0.25, -0.2) is 0 Å². The molecule has 0 radical (unpaired) electrons. The standard InChI is InChI=1S/C22H24N4/c1-2-17-7-9-18(10-8-17)16-23-20-13-11-19(12-14-20)22-25-24-21-6-4-3-5-15-26(21)22/h7-14,16H,2-6,15H2,1H3. The normalized spacial score (nSPS) is 14.3. The van der Waals surface area contributed by atoms with Gasteiger partial charge in [0.1, 0.15) is 5.82 Å². The maximum absolute atomic E-state index is 4.59. The highest BCUT2D eigenvalue weighted by molar-refractivity contribution is 5.82. The summed E-state index contributed by atoms with van der Waals surface area (Å²) in [4.78, 5) is 4.59. The van der Waals surface area contributed by atoms with Crippen molar-refractivity contribution < 1.29 is 0 Å². The van der Waals surface area contributed by atoms with Crippen molar-refractivity contribution in [1.82, 2.24) is 14.8 Å². The molecule has 0 saturated heterocycles. The molecule has 3 aromatic rings. The van der Waals surface area contributed by atoms with E-state index >= 15 is 0 Å². The van der Waals surface area contributed by atoms with Gasteiger partial charge in [0, 0.05) is 24.7 Å². The number of benzene rings is 2. The molecule has 0 saturated carbocycles. The van der Waals surface area contributed by atoms with Crippen LogP contribution in [0.25, 0.3) is 11.4 Å². The Balaban J connectivity index is 1.52. The summed E-state index contributed by atoms with van der Waals surface area (Å²) in [6.07, 6.45) is 7.70. The molecule has 0 bridgehead atoms. The van der Waals surface area contributed by atoms with Crippen molar-refractivity contribution in [3.8, 4) is 11.4 Å². The third-order valence-corrected chi connectivity index (χ3v) is 4.99. The summed E-state index contributed by atoms with van der Waals surface area (Å²) in [7, 11) is 0. The van der Waals surface area contributed by atoms with Gasteiger partial charge in [-0.1, -0.05) is 37.6 Å². The second-order valence-corrected chi connectivity index (χ2v) is 6.80. The van der Waals surface area contributed by atoms with Gasteiger partial charge in [-0.2, -0.15) is 0 Å². The van der Waals surface area contributed by atoms with Gasteiger partial charge in [0.2, 0.25) is 0 Å². The first-order chi connectivity index (χ1) is 12.8. The van der Waals surface area contributed by atoms with Crippen LogP contribution in [0.15, 0.2) is 53.5 Å². The number of aryl methyl sites for hydroxylation is 2. The maximum atomic E-state index is 4.59. The lowest BCUT2D eigenvalue weighted by Crippen LogP contribution is -2.02. The number of aliphatic imine (C=N–C) groups is 1. The second-order valence-electron chi connectivity index (χ2n) is 6.80. The van der Waals surface area contributed by atoms with E-state index in [1.54, 1.807) is 0 Å². The summed E-state index contributed by atoms with van der Waals surface area (Å²) in [5, 5.41) is 8.81. The van der Waals surface area contributed by atoms with Crippen LogP contribution in [-0.2, 0) is 19.4 Å². The van der Waals surface area contributed by atoms with Crippen molar-refractivity contribution in [2.45, 2.75) is 45.6 Å². The highest BCUT2D eigenvalue weighted by Crippen LogP contribution is 2.24. The molecule has 0 unspecified atom stereocenters. The molecule has 4 nitrogen and oxygen atoms in total.